The van der Waals surface area contributed by atoms with Gasteiger partial charge in [0.15, 0.2) is 0 Å². The number of carbonyl (C=O) groups excluding carboxylic acids is 1. The van der Waals surface area contributed by atoms with Gasteiger partial charge in [0, 0.05) is 17.0 Å². The molecule has 0 radical (unpaired) electrons. The van der Waals surface area contributed by atoms with Crippen LogP contribution in [0.4, 0.5) is 0 Å². The van der Waals surface area contributed by atoms with E-state index >= 15 is 0 Å². The lowest BCUT2D eigenvalue weighted by Gasteiger charge is -2.16. The largest absolute Gasteiger partial charge is 0.478 e. The van der Waals surface area contributed by atoms with Gasteiger partial charge in [-0.2, -0.15) is 0 Å². The number of aromatic nitrogens is 2. The van der Waals surface area contributed by atoms with Crippen molar-refractivity contribution in [1.82, 2.24) is 14.9 Å². The summed E-state index contributed by atoms with van der Waals surface area (Å²) in [4.78, 5) is 42.4. The van der Waals surface area contributed by atoms with E-state index in [1.54, 1.807) is 0 Å². The van der Waals surface area contributed by atoms with E-state index in [4.69, 9.17) is 0 Å². The number of hydrogen-bond donors (Lipinski definition) is 2. The fourth-order valence-electron chi connectivity index (χ4n) is 3.82. The van der Waals surface area contributed by atoms with Crippen LogP contribution in [0.5, 0.6) is 0 Å². The molecule has 2 heterocycles. The predicted octanol–water partition coefficient (Wildman–Crippen LogP) is 3.19. The third-order valence-corrected chi connectivity index (χ3v) is 6.09. The normalized spacial score (nSPS) is 14.4. The van der Waals surface area contributed by atoms with Crippen molar-refractivity contribution in [2.45, 2.75) is 45.2 Å². The van der Waals surface area contributed by atoms with Gasteiger partial charge in [-0.05, 0) is 25.8 Å². The van der Waals surface area contributed by atoms with Crippen molar-refractivity contribution in [1.29, 1.82) is 0 Å². The summed E-state index contributed by atoms with van der Waals surface area (Å²) in [5.41, 5.74) is 1.12. The highest BCUT2D eigenvalue weighted by Gasteiger charge is 2.23. The quantitative estimate of drug-likeness (QED) is 0.671. The zero-order valence-electron chi connectivity index (χ0n) is 16.0. The van der Waals surface area contributed by atoms with E-state index in [9.17, 15) is 19.5 Å². The second-order valence-corrected chi connectivity index (χ2v) is 8.24. The number of nitrogens with zero attached hydrogens (tertiary/aromatic N) is 2. The number of thiophene rings is 1. The SMILES string of the molecule is Cc1cccc(-c2nc3scc(C(=O)O)c3c(=O)n2CC(=O)NC2CCCC2)c1. The molecule has 0 saturated heterocycles. The van der Waals surface area contributed by atoms with Gasteiger partial charge in [-0.3, -0.25) is 14.2 Å². The fourth-order valence-corrected chi connectivity index (χ4v) is 4.72. The van der Waals surface area contributed by atoms with E-state index in [0.29, 0.717) is 16.2 Å². The van der Waals surface area contributed by atoms with Gasteiger partial charge in [-0.25, -0.2) is 9.78 Å². The topological polar surface area (TPSA) is 101 Å². The monoisotopic (exact) mass is 411 g/mol. The van der Waals surface area contributed by atoms with Crippen LogP contribution in [-0.2, 0) is 11.3 Å². The average molecular weight is 411 g/mol. The van der Waals surface area contributed by atoms with Crippen LogP contribution in [0.1, 0.15) is 41.6 Å². The first kappa shape index (κ1) is 19.3. The number of aromatic carboxylic acids is 1. The maximum atomic E-state index is 13.3. The van der Waals surface area contributed by atoms with E-state index in [0.717, 1.165) is 42.6 Å². The van der Waals surface area contributed by atoms with Gasteiger partial charge < -0.3 is 10.4 Å². The molecule has 1 aliphatic rings. The van der Waals surface area contributed by atoms with E-state index in [2.05, 4.69) is 10.3 Å². The molecule has 8 heteroatoms. The maximum absolute atomic E-state index is 13.3. The summed E-state index contributed by atoms with van der Waals surface area (Å²) in [7, 11) is 0. The number of fused-ring (bicyclic) bond motifs is 1. The number of benzene rings is 1. The van der Waals surface area contributed by atoms with Crippen molar-refractivity contribution in [2.24, 2.45) is 0 Å². The number of amides is 1. The number of carboxylic acids is 1. The lowest BCUT2D eigenvalue weighted by molar-refractivity contribution is -0.122. The Morgan fingerprint density at radius 1 is 1.31 bits per heavy atom. The van der Waals surface area contributed by atoms with Gasteiger partial charge in [0.25, 0.3) is 5.56 Å². The molecule has 0 spiro atoms. The van der Waals surface area contributed by atoms with Gasteiger partial charge in [-0.1, -0.05) is 36.6 Å². The molecule has 1 aliphatic carbocycles. The highest BCUT2D eigenvalue weighted by molar-refractivity contribution is 7.17. The summed E-state index contributed by atoms with van der Waals surface area (Å²) < 4.78 is 1.29. The van der Waals surface area contributed by atoms with E-state index < -0.39 is 11.5 Å². The summed E-state index contributed by atoms with van der Waals surface area (Å²) in [6.07, 6.45) is 4.06. The molecule has 0 unspecified atom stereocenters. The van der Waals surface area contributed by atoms with Crippen molar-refractivity contribution in [2.75, 3.05) is 0 Å². The van der Waals surface area contributed by atoms with Gasteiger partial charge >= 0.3 is 5.97 Å². The number of aryl methyl sites for hydroxylation is 1. The molecule has 4 rings (SSSR count). The van der Waals surface area contributed by atoms with Gasteiger partial charge in [-0.15, -0.1) is 11.3 Å². The van der Waals surface area contributed by atoms with E-state index in [1.165, 1.54) is 9.95 Å². The summed E-state index contributed by atoms with van der Waals surface area (Å²) in [5.74, 6) is -1.08. The molecule has 150 valence electrons. The van der Waals surface area contributed by atoms with Crippen LogP contribution in [0.25, 0.3) is 21.6 Å². The third kappa shape index (κ3) is 3.80. The van der Waals surface area contributed by atoms with E-state index in [1.807, 2.05) is 31.2 Å². The van der Waals surface area contributed by atoms with Crippen LogP contribution in [0.15, 0.2) is 34.4 Å². The first-order chi connectivity index (χ1) is 13.9. The summed E-state index contributed by atoms with van der Waals surface area (Å²) >= 11 is 1.12. The predicted molar refractivity (Wildman–Crippen MR) is 111 cm³/mol. The van der Waals surface area contributed by atoms with Crippen LogP contribution in [0, 0.1) is 6.92 Å². The molecule has 3 aromatic rings. The van der Waals surface area contributed by atoms with Gasteiger partial charge in [0.2, 0.25) is 5.91 Å². The second-order valence-electron chi connectivity index (χ2n) is 7.38. The molecule has 1 amide bonds. The molecular weight excluding hydrogens is 390 g/mol. The highest BCUT2D eigenvalue weighted by Crippen LogP contribution is 2.26. The molecule has 1 fully saturated rings. The minimum absolute atomic E-state index is 0.0487. The van der Waals surface area contributed by atoms with Crippen molar-refractivity contribution >= 4 is 33.4 Å². The van der Waals surface area contributed by atoms with Gasteiger partial charge in [0.1, 0.15) is 17.2 Å². The van der Waals surface area contributed by atoms with E-state index in [-0.39, 0.29) is 29.4 Å². The Kier molecular flexibility index (Phi) is 5.19. The Labute approximate surface area is 171 Å². The zero-order valence-corrected chi connectivity index (χ0v) is 16.8. The van der Waals surface area contributed by atoms with Crippen LogP contribution in [-0.4, -0.2) is 32.6 Å². The highest BCUT2D eigenvalue weighted by atomic mass is 32.1. The minimum atomic E-state index is -1.18. The Bertz CT molecular complexity index is 1160. The average Bonchev–Trinajstić information content (AvgIpc) is 3.33. The number of carboxylic acid groups (broad SMARTS) is 1. The molecule has 1 aromatic carbocycles. The Morgan fingerprint density at radius 3 is 2.76 bits per heavy atom. The molecule has 29 heavy (non-hydrogen) atoms. The molecule has 7 nitrogen and oxygen atoms in total. The lowest BCUT2D eigenvalue weighted by atomic mass is 10.1. The molecular formula is C21H21N3O4S. The fraction of sp³-hybridized carbons (Fsp3) is 0.333. The summed E-state index contributed by atoms with van der Waals surface area (Å²) in [5, 5.41) is 13.9. The minimum Gasteiger partial charge on any atom is -0.478 e. The molecule has 0 bridgehead atoms. The van der Waals surface area contributed by atoms with Crippen LogP contribution in [0.2, 0.25) is 0 Å². The molecule has 0 atom stereocenters. The number of hydrogen-bond acceptors (Lipinski definition) is 5. The lowest BCUT2D eigenvalue weighted by Crippen LogP contribution is -2.38. The van der Waals surface area contributed by atoms with Crippen molar-refractivity contribution < 1.29 is 14.7 Å². The Hall–Kier alpha value is -3.00. The third-order valence-electron chi connectivity index (χ3n) is 5.22. The Morgan fingerprint density at radius 2 is 2.07 bits per heavy atom. The first-order valence-electron chi connectivity index (χ1n) is 9.56. The van der Waals surface area contributed by atoms with Crippen LogP contribution in [0.3, 0.4) is 0 Å². The zero-order chi connectivity index (χ0) is 20.5. The van der Waals surface area contributed by atoms with Crippen molar-refractivity contribution in [3.8, 4) is 11.4 Å². The van der Waals surface area contributed by atoms with Crippen molar-refractivity contribution in [3.63, 3.8) is 0 Å². The molecule has 1 saturated carbocycles. The van der Waals surface area contributed by atoms with Gasteiger partial charge in [0.05, 0.1) is 10.9 Å². The summed E-state index contributed by atoms with van der Waals surface area (Å²) in [6.45, 7) is 1.74. The van der Waals surface area contributed by atoms with Crippen LogP contribution >= 0.6 is 11.3 Å². The molecule has 2 aromatic heterocycles. The maximum Gasteiger partial charge on any atom is 0.337 e. The standard InChI is InChI=1S/C21H21N3O4S/c1-12-5-4-6-13(9-12)18-23-19-17(15(11-29-19)21(27)28)20(26)24(18)10-16(25)22-14-7-2-3-8-14/h4-6,9,11,14H,2-3,7-8,10H2,1H3,(H,22,25)(H,27,28). The molecule has 2 N–H and O–H groups in total. The number of nitrogens with one attached hydrogen (secondary N) is 1. The molecule has 0 aliphatic heterocycles. The second kappa shape index (κ2) is 7.79. The first-order valence-corrected chi connectivity index (χ1v) is 10.4. The van der Waals surface area contributed by atoms with Crippen LogP contribution < -0.4 is 10.9 Å². The number of rotatable bonds is 5. The van der Waals surface area contributed by atoms with Crippen molar-refractivity contribution in [3.05, 3.63) is 51.1 Å². The number of carbonyl (C=O) groups is 2. The summed E-state index contributed by atoms with van der Waals surface area (Å²) in [6, 6.07) is 7.65. The smallest absolute Gasteiger partial charge is 0.337 e. The Balaban J connectivity index is 1.84.